The lowest BCUT2D eigenvalue weighted by molar-refractivity contribution is -0.144. The summed E-state index contributed by atoms with van der Waals surface area (Å²) in [4.78, 5) is 19.8. The zero-order valence-electron chi connectivity index (χ0n) is 20.3. The van der Waals surface area contributed by atoms with Crippen LogP contribution in [0.1, 0.15) is 75.6 Å². The third-order valence-corrected chi connectivity index (χ3v) is 9.52. The van der Waals surface area contributed by atoms with Gasteiger partial charge in [0.2, 0.25) is 5.91 Å². The molecular formula is C26H37F3N4O. The summed E-state index contributed by atoms with van der Waals surface area (Å²) in [6, 6.07) is 1.91. The highest BCUT2D eigenvalue weighted by Crippen LogP contribution is 2.56. The summed E-state index contributed by atoms with van der Waals surface area (Å²) < 4.78 is 39.7. The molecule has 1 aromatic heterocycles. The number of carbonyl (C=O) groups excluding carboxylic acids is 1. The molecule has 2 N–H and O–H groups in total. The highest BCUT2D eigenvalue weighted by atomic mass is 19.4. The van der Waals surface area contributed by atoms with Gasteiger partial charge in [-0.15, -0.1) is 0 Å². The fourth-order valence-electron chi connectivity index (χ4n) is 7.20. The van der Waals surface area contributed by atoms with Crippen LogP contribution in [0, 0.1) is 16.7 Å². The van der Waals surface area contributed by atoms with Gasteiger partial charge in [0.1, 0.15) is 0 Å². The first-order chi connectivity index (χ1) is 16.1. The summed E-state index contributed by atoms with van der Waals surface area (Å²) in [6.07, 6.45) is 4.19. The fourth-order valence-corrected chi connectivity index (χ4v) is 7.20. The highest BCUT2D eigenvalue weighted by Gasteiger charge is 2.56. The first kappa shape index (κ1) is 24.0. The third-order valence-electron chi connectivity index (χ3n) is 9.52. The monoisotopic (exact) mass is 478 g/mol. The third kappa shape index (κ3) is 4.15. The molecular weight excluding hydrogens is 441 g/mol. The lowest BCUT2D eigenvalue weighted by Crippen LogP contribution is -2.57. The van der Waals surface area contributed by atoms with E-state index in [1.54, 1.807) is 0 Å². The van der Waals surface area contributed by atoms with Crippen LogP contribution in [0.2, 0.25) is 0 Å². The van der Waals surface area contributed by atoms with E-state index in [0.717, 1.165) is 64.2 Å². The minimum Gasteiger partial charge on any atom is -0.337 e. The quantitative estimate of drug-likeness (QED) is 0.678. The molecule has 0 aromatic carbocycles. The Balaban J connectivity index is 1.32. The average Bonchev–Trinajstić information content (AvgIpc) is 3.37. The van der Waals surface area contributed by atoms with E-state index in [4.69, 9.17) is 0 Å². The predicted molar refractivity (Wildman–Crippen MR) is 124 cm³/mol. The van der Waals surface area contributed by atoms with E-state index in [1.807, 2.05) is 4.90 Å². The second kappa shape index (κ2) is 8.77. The topological polar surface area (TPSA) is 57.3 Å². The number of hydrogen-bond acceptors (Lipinski definition) is 4. The highest BCUT2D eigenvalue weighted by molar-refractivity contribution is 5.84. The molecule has 0 spiro atoms. The molecule has 5 nitrogen and oxygen atoms in total. The number of piperidine rings is 1. The Morgan fingerprint density at radius 3 is 2.94 bits per heavy atom. The van der Waals surface area contributed by atoms with Crippen molar-refractivity contribution in [2.45, 2.75) is 90.0 Å². The normalized spacial score (nSPS) is 35.8. The number of amides is 1. The van der Waals surface area contributed by atoms with Crippen molar-refractivity contribution < 1.29 is 18.0 Å². The van der Waals surface area contributed by atoms with E-state index in [0.29, 0.717) is 42.2 Å². The van der Waals surface area contributed by atoms with E-state index in [9.17, 15) is 18.0 Å². The number of nitrogens with one attached hydrogen (secondary N) is 2. The second-order valence-corrected chi connectivity index (χ2v) is 11.4. The molecule has 0 bridgehead atoms. The van der Waals surface area contributed by atoms with Crippen LogP contribution >= 0.6 is 0 Å². The standard InChI is InChI=1S/C26H37F3N4O/c1-3-24(2)8-9-30-15-22(24)32-20-12-18-5-4-7-25(18,13-20)23(34)33-10-6-21-17(16-33)11-19(14-31-21)26(27,28)29/h11,14,18,20,22,30,32H,3-10,12-13,15-16H2,1-2H3. The van der Waals surface area contributed by atoms with Crippen molar-refractivity contribution in [2.75, 3.05) is 19.6 Å². The number of halogens is 3. The Morgan fingerprint density at radius 2 is 2.18 bits per heavy atom. The molecule has 5 unspecified atom stereocenters. The average molecular weight is 479 g/mol. The van der Waals surface area contributed by atoms with Crippen LogP contribution in [0.25, 0.3) is 0 Å². The molecule has 2 aliphatic heterocycles. The van der Waals surface area contributed by atoms with Crippen molar-refractivity contribution in [2.24, 2.45) is 16.7 Å². The van der Waals surface area contributed by atoms with E-state index in [1.165, 1.54) is 6.07 Å². The number of carbonyl (C=O) groups is 1. The largest absolute Gasteiger partial charge is 0.417 e. The molecule has 2 saturated carbocycles. The van der Waals surface area contributed by atoms with Crippen molar-refractivity contribution in [3.8, 4) is 0 Å². The first-order valence-corrected chi connectivity index (χ1v) is 13.0. The first-order valence-electron chi connectivity index (χ1n) is 13.0. The van der Waals surface area contributed by atoms with Crippen LogP contribution in [-0.2, 0) is 23.9 Å². The molecule has 1 saturated heterocycles. The molecule has 34 heavy (non-hydrogen) atoms. The maximum absolute atomic E-state index is 14.0. The summed E-state index contributed by atoms with van der Waals surface area (Å²) >= 11 is 0. The molecule has 8 heteroatoms. The Bertz CT molecular complexity index is 937. The molecule has 3 fully saturated rings. The Labute approximate surface area is 200 Å². The number of aromatic nitrogens is 1. The molecule has 4 aliphatic rings. The maximum atomic E-state index is 14.0. The van der Waals surface area contributed by atoms with E-state index in [-0.39, 0.29) is 23.3 Å². The van der Waals surface area contributed by atoms with Gasteiger partial charge in [-0.2, -0.15) is 13.2 Å². The van der Waals surface area contributed by atoms with Crippen LogP contribution < -0.4 is 10.6 Å². The van der Waals surface area contributed by atoms with Crippen LogP contribution in [0.15, 0.2) is 12.3 Å². The number of alkyl halides is 3. The van der Waals surface area contributed by atoms with Gasteiger partial charge < -0.3 is 15.5 Å². The lowest BCUT2D eigenvalue weighted by atomic mass is 9.74. The van der Waals surface area contributed by atoms with Gasteiger partial charge in [-0.1, -0.05) is 20.3 Å². The molecule has 188 valence electrons. The summed E-state index contributed by atoms with van der Waals surface area (Å²) in [5.74, 6) is 0.519. The van der Waals surface area contributed by atoms with Gasteiger partial charge >= 0.3 is 6.18 Å². The summed E-state index contributed by atoms with van der Waals surface area (Å²) in [6.45, 7) is 7.43. The molecule has 5 rings (SSSR count). The van der Waals surface area contributed by atoms with Crippen molar-refractivity contribution in [1.29, 1.82) is 0 Å². The predicted octanol–water partition coefficient (Wildman–Crippen LogP) is 4.30. The summed E-state index contributed by atoms with van der Waals surface area (Å²) in [5.41, 5.74) is 0.393. The van der Waals surface area contributed by atoms with Crippen LogP contribution in [0.5, 0.6) is 0 Å². The van der Waals surface area contributed by atoms with Gasteiger partial charge in [0.25, 0.3) is 0 Å². The van der Waals surface area contributed by atoms with Gasteiger partial charge in [0.15, 0.2) is 0 Å². The van der Waals surface area contributed by atoms with Crippen LogP contribution in [0.4, 0.5) is 13.2 Å². The minimum absolute atomic E-state index is 0.155. The fraction of sp³-hybridized carbons (Fsp3) is 0.769. The van der Waals surface area contributed by atoms with Gasteiger partial charge in [0, 0.05) is 50.0 Å². The minimum atomic E-state index is -4.42. The van der Waals surface area contributed by atoms with E-state index < -0.39 is 11.7 Å². The van der Waals surface area contributed by atoms with Crippen LogP contribution in [-0.4, -0.2) is 47.5 Å². The van der Waals surface area contributed by atoms with Crippen molar-refractivity contribution in [3.05, 3.63) is 29.1 Å². The van der Waals surface area contributed by atoms with Crippen molar-refractivity contribution in [1.82, 2.24) is 20.5 Å². The molecule has 2 aliphatic carbocycles. The SMILES string of the molecule is CCC1(C)CCNCC1NC1CC2CCCC2(C(=O)N2CCc3ncc(C(F)(F)F)cc3C2)C1. The Morgan fingerprint density at radius 1 is 1.35 bits per heavy atom. The summed E-state index contributed by atoms with van der Waals surface area (Å²) in [5, 5.41) is 7.48. The van der Waals surface area contributed by atoms with Crippen molar-refractivity contribution in [3.63, 3.8) is 0 Å². The van der Waals surface area contributed by atoms with Gasteiger partial charge in [-0.25, -0.2) is 0 Å². The second-order valence-electron chi connectivity index (χ2n) is 11.4. The van der Waals surface area contributed by atoms with E-state index >= 15 is 0 Å². The number of nitrogens with zero attached hydrogens (tertiary/aromatic N) is 2. The maximum Gasteiger partial charge on any atom is 0.417 e. The number of rotatable bonds is 4. The number of fused-ring (bicyclic) bond motifs is 2. The molecule has 5 atom stereocenters. The van der Waals surface area contributed by atoms with Gasteiger partial charge in [-0.3, -0.25) is 9.78 Å². The lowest BCUT2D eigenvalue weighted by Gasteiger charge is -2.43. The summed E-state index contributed by atoms with van der Waals surface area (Å²) in [7, 11) is 0. The van der Waals surface area contributed by atoms with Gasteiger partial charge in [-0.05, 0) is 68.0 Å². The molecule has 0 radical (unpaired) electrons. The van der Waals surface area contributed by atoms with Crippen molar-refractivity contribution >= 4 is 5.91 Å². The molecule has 1 aromatic rings. The molecule has 1 amide bonds. The number of pyridine rings is 1. The Kier molecular flexibility index (Phi) is 6.20. The number of hydrogen-bond donors (Lipinski definition) is 2. The van der Waals surface area contributed by atoms with Crippen LogP contribution in [0.3, 0.4) is 0 Å². The zero-order valence-corrected chi connectivity index (χ0v) is 20.3. The van der Waals surface area contributed by atoms with E-state index in [2.05, 4.69) is 29.5 Å². The smallest absolute Gasteiger partial charge is 0.337 e. The zero-order chi connectivity index (χ0) is 24.1. The Hall–Kier alpha value is -1.67. The molecule has 3 heterocycles. The van der Waals surface area contributed by atoms with Gasteiger partial charge in [0.05, 0.1) is 11.0 Å².